The summed E-state index contributed by atoms with van der Waals surface area (Å²) in [5, 5.41) is 3.37. The van der Waals surface area contributed by atoms with E-state index in [1.807, 2.05) is 39.0 Å². The summed E-state index contributed by atoms with van der Waals surface area (Å²) in [4.78, 5) is 0. The first kappa shape index (κ1) is 17.8. The zero-order chi connectivity index (χ0) is 15.8. The van der Waals surface area contributed by atoms with Crippen LogP contribution in [0.15, 0.2) is 18.2 Å². The van der Waals surface area contributed by atoms with Gasteiger partial charge < -0.3 is 24.3 Å². The number of hydrogen-bond donors (Lipinski definition) is 1. The largest absolute Gasteiger partial charge is 0.493 e. The van der Waals surface area contributed by atoms with E-state index in [2.05, 4.69) is 5.32 Å². The molecule has 0 aromatic heterocycles. The molecular formula is C16H27NO4. The van der Waals surface area contributed by atoms with Crippen molar-refractivity contribution in [2.45, 2.75) is 45.8 Å². The Morgan fingerprint density at radius 3 is 2.19 bits per heavy atom. The van der Waals surface area contributed by atoms with Crippen LogP contribution in [-0.2, 0) is 16.0 Å². The lowest BCUT2D eigenvalue weighted by atomic mass is 10.2. The van der Waals surface area contributed by atoms with Gasteiger partial charge in [0.25, 0.3) is 0 Å². The molecule has 0 spiro atoms. The predicted molar refractivity (Wildman–Crippen MR) is 82.9 cm³/mol. The SMILES string of the molecule is COc1cc(CNC(C)C(OC)OC)ccc1OC(C)C. The second kappa shape index (κ2) is 8.87. The van der Waals surface area contributed by atoms with E-state index in [4.69, 9.17) is 18.9 Å². The Morgan fingerprint density at radius 2 is 1.67 bits per heavy atom. The molecule has 1 atom stereocenters. The first-order valence-electron chi connectivity index (χ1n) is 7.14. The molecule has 120 valence electrons. The molecule has 0 heterocycles. The van der Waals surface area contributed by atoms with Gasteiger partial charge in [0.15, 0.2) is 17.8 Å². The summed E-state index contributed by atoms with van der Waals surface area (Å²) in [7, 11) is 4.91. The third kappa shape index (κ3) is 5.53. The highest BCUT2D eigenvalue weighted by molar-refractivity contribution is 5.43. The highest BCUT2D eigenvalue weighted by Gasteiger charge is 2.15. The fourth-order valence-corrected chi connectivity index (χ4v) is 2.05. The number of rotatable bonds is 9. The van der Waals surface area contributed by atoms with Crippen molar-refractivity contribution in [3.63, 3.8) is 0 Å². The van der Waals surface area contributed by atoms with E-state index in [9.17, 15) is 0 Å². The second-order valence-electron chi connectivity index (χ2n) is 5.16. The minimum atomic E-state index is -0.268. The molecule has 0 bridgehead atoms. The lowest BCUT2D eigenvalue weighted by Crippen LogP contribution is -2.39. The van der Waals surface area contributed by atoms with Crippen molar-refractivity contribution in [3.05, 3.63) is 23.8 Å². The Morgan fingerprint density at radius 1 is 1.00 bits per heavy atom. The molecule has 1 aromatic rings. The van der Waals surface area contributed by atoms with E-state index in [1.165, 1.54) is 0 Å². The number of methoxy groups -OCH3 is 3. The first-order chi connectivity index (χ1) is 10.0. The zero-order valence-electron chi connectivity index (χ0n) is 13.8. The standard InChI is InChI=1S/C16H27NO4/c1-11(2)21-14-8-7-13(9-15(14)18-4)10-17-12(3)16(19-5)20-6/h7-9,11-12,16-17H,10H2,1-6H3. The minimum Gasteiger partial charge on any atom is -0.493 e. The van der Waals surface area contributed by atoms with Crippen LogP contribution in [0, 0.1) is 0 Å². The van der Waals surface area contributed by atoms with Crippen molar-refractivity contribution < 1.29 is 18.9 Å². The number of hydrogen-bond acceptors (Lipinski definition) is 5. The normalized spacial score (nSPS) is 12.8. The van der Waals surface area contributed by atoms with E-state index in [1.54, 1.807) is 21.3 Å². The van der Waals surface area contributed by atoms with Crippen LogP contribution in [0.2, 0.25) is 0 Å². The van der Waals surface area contributed by atoms with E-state index in [0.29, 0.717) is 6.54 Å². The van der Waals surface area contributed by atoms with Crippen molar-refractivity contribution in [2.75, 3.05) is 21.3 Å². The maximum Gasteiger partial charge on any atom is 0.171 e. The number of benzene rings is 1. The molecule has 1 N–H and O–H groups in total. The number of nitrogens with one attached hydrogen (secondary N) is 1. The van der Waals surface area contributed by atoms with Gasteiger partial charge in [0.2, 0.25) is 0 Å². The molecule has 1 aromatic carbocycles. The number of ether oxygens (including phenoxy) is 4. The predicted octanol–water partition coefficient (Wildman–Crippen LogP) is 2.58. The zero-order valence-corrected chi connectivity index (χ0v) is 13.8. The second-order valence-corrected chi connectivity index (χ2v) is 5.16. The highest BCUT2D eigenvalue weighted by Crippen LogP contribution is 2.29. The van der Waals surface area contributed by atoms with Crippen molar-refractivity contribution >= 4 is 0 Å². The third-order valence-electron chi connectivity index (χ3n) is 3.09. The summed E-state index contributed by atoms with van der Waals surface area (Å²) in [5.74, 6) is 1.50. The topological polar surface area (TPSA) is 49.0 Å². The third-order valence-corrected chi connectivity index (χ3v) is 3.09. The molecule has 0 aliphatic heterocycles. The van der Waals surface area contributed by atoms with Crippen molar-refractivity contribution in [2.24, 2.45) is 0 Å². The Kier molecular flexibility index (Phi) is 7.50. The molecule has 5 heteroatoms. The van der Waals surface area contributed by atoms with Gasteiger partial charge in [-0.2, -0.15) is 0 Å². The molecule has 1 unspecified atom stereocenters. The quantitative estimate of drug-likeness (QED) is 0.710. The van der Waals surface area contributed by atoms with Crippen LogP contribution in [-0.4, -0.2) is 39.8 Å². The summed E-state index contributed by atoms with van der Waals surface area (Å²) in [6.07, 6.45) is -0.150. The van der Waals surface area contributed by atoms with Gasteiger partial charge in [0.05, 0.1) is 19.3 Å². The van der Waals surface area contributed by atoms with Crippen LogP contribution < -0.4 is 14.8 Å². The van der Waals surface area contributed by atoms with Crippen LogP contribution in [0.1, 0.15) is 26.3 Å². The summed E-state index contributed by atoms with van der Waals surface area (Å²) in [5.41, 5.74) is 1.11. The molecule has 1 rings (SSSR count). The van der Waals surface area contributed by atoms with Gasteiger partial charge in [-0.3, -0.25) is 0 Å². The Labute approximate surface area is 127 Å². The van der Waals surface area contributed by atoms with Crippen LogP contribution in [0.5, 0.6) is 11.5 Å². The highest BCUT2D eigenvalue weighted by atomic mass is 16.7. The fourth-order valence-electron chi connectivity index (χ4n) is 2.05. The summed E-state index contributed by atoms with van der Waals surface area (Å²) in [6, 6.07) is 6.02. The van der Waals surface area contributed by atoms with Crippen molar-refractivity contribution in [1.29, 1.82) is 0 Å². The fraction of sp³-hybridized carbons (Fsp3) is 0.625. The van der Waals surface area contributed by atoms with Crippen molar-refractivity contribution in [1.82, 2.24) is 5.32 Å². The Bertz CT molecular complexity index is 419. The van der Waals surface area contributed by atoms with Crippen LogP contribution in [0.3, 0.4) is 0 Å². The first-order valence-corrected chi connectivity index (χ1v) is 7.14. The molecule has 0 aliphatic rings. The Hall–Kier alpha value is -1.30. The average molecular weight is 297 g/mol. The Balaban J connectivity index is 2.68. The maximum absolute atomic E-state index is 5.70. The van der Waals surface area contributed by atoms with Gasteiger partial charge in [-0.05, 0) is 38.5 Å². The van der Waals surface area contributed by atoms with Crippen molar-refractivity contribution in [3.8, 4) is 11.5 Å². The van der Waals surface area contributed by atoms with Crippen LogP contribution >= 0.6 is 0 Å². The summed E-state index contributed by atoms with van der Waals surface area (Å²) in [6.45, 7) is 6.70. The minimum absolute atomic E-state index is 0.0811. The van der Waals surface area contributed by atoms with E-state index in [0.717, 1.165) is 17.1 Å². The summed E-state index contributed by atoms with van der Waals surface area (Å²) < 4.78 is 21.5. The van der Waals surface area contributed by atoms with Crippen LogP contribution in [0.25, 0.3) is 0 Å². The van der Waals surface area contributed by atoms with E-state index < -0.39 is 0 Å². The monoisotopic (exact) mass is 297 g/mol. The van der Waals surface area contributed by atoms with Crippen LogP contribution in [0.4, 0.5) is 0 Å². The average Bonchev–Trinajstić information content (AvgIpc) is 2.46. The van der Waals surface area contributed by atoms with Gasteiger partial charge in [-0.15, -0.1) is 0 Å². The molecule has 21 heavy (non-hydrogen) atoms. The van der Waals surface area contributed by atoms with Gasteiger partial charge in [-0.25, -0.2) is 0 Å². The molecule has 0 radical (unpaired) electrons. The molecule has 0 amide bonds. The van der Waals surface area contributed by atoms with E-state index >= 15 is 0 Å². The smallest absolute Gasteiger partial charge is 0.171 e. The molecule has 0 saturated carbocycles. The molecule has 0 saturated heterocycles. The van der Waals surface area contributed by atoms with Gasteiger partial charge >= 0.3 is 0 Å². The van der Waals surface area contributed by atoms with E-state index in [-0.39, 0.29) is 18.4 Å². The summed E-state index contributed by atoms with van der Waals surface area (Å²) >= 11 is 0. The van der Waals surface area contributed by atoms with Gasteiger partial charge in [-0.1, -0.05) is 6.07 Å². The molecular weight excluding hydrogens is 270 g/mol. The maximum atomic E-state index is 5.70. The molecule has 0 aliphatic carbocycles. The van der Waals surface area contributed by atoms with Gasteiger partial charge in [0, 0.05) is 20.8 Å². The molecule has 5 nitrogen and oxygen atoms in total. The lowest BCUT2D eigenvalue weighted by molar-refractivity contribution is -0.119. The lowest BCUT2D eigenvalue weighted by Gasteiger charge is -2.22. The van der Waals surface area contributed by atoms with Gasteiger partial charge in [0.1, 0.15) is 0 Å². The molecule has 0 fully saturated rings.